The van der Waals surface area contributed by atoms with Crippen LogP contribution in [0.3, 0.4) is 0 Å². The van der Waals surface area contributed by atoms with Crippen LogP contribution in [0, 0.1) is 15.5 Å². The highest BCUT2D eigenvalue weighted by Crippen LogP contribution is 2.40. The minimum Gasteiger partial charge on any atom is -0.380 e. The molecule has 1 aromatic heterocycles. The Hall–Kier alpha value is -3.77. The zero-order valence-electron chi connectivity index (χ0n) is 23.0. The minimum atomic E-state index is -0.487. The van der Waals surface area contributed by atoms with Gasteiger partial charge in [0.1, 0.15) is 5.69 Å². The van der Waals surface area contributed by atoms with Crippen LogP contribution in [0.1, 0.15) is 59.2 Å². The maximum absolute atomic E-state index is 13.8. The van der Waals surface area contributed by atoms with Gasteiger partial charge < -0.3 is 25.3 Å². The number of benzene rings is 2. The molecule has 42 heavy (non-hydrogen) atoms. The number of aromatic nitrogens is 1. The molecule has 3 N–H and O–H groups in total. The largest absolute Gasteiger partial charge is 0.380 e. The molecular formula is C30H32BrN5O6. The SMILES string of the molecule is O=C(N[C@H]1CCCC[C@H]1Nc1c(C(=O)N2CCC3(CC2)COC3)cc(Br)cc1[N+](=O)[O-])c1cc(=O)[nH]c2ccccc12. The highest BCUT2D eigenvalue weighted by molar-refractivity contribution is 9.10. The van der Waals surface area contributed by atoms with Gasteiger partial charge >= 0.3 is 0 Å². The second kappa shape index (κ2) is 11.5. The maximum atomic E-state index is 13.8. The molecule has 2 amide bonds. The molecule has 6 rings (SSSR count). The number of pyridine rings is 1. The number of nitrogens with one attached hydrogen (secondary N) is 3. The number of aromatic amines is 1. The first kappa shape index (κ1) is 28.4. The number of H-pyrrole nitrogens is 1. The Labute approximate surface area is 250 Å². The van der Waals surface area contributed by atoms with Gasteiger partial charge in [0.15, 0.2) is 0 Å². The maximum Gasteiger partial charge on any atom is 0.294 e. The number of ether oxygens (including phenoxy) is 1. The van der Waals surface area contributed by atoms with Crippen LogP contribution in [-0.4, -0.2) is 65.0 Å². The molecule has 1 saturated carbocycles. The van der Waals surface area contributed by atoms with Crippen LogP contribution in [0.5, 0.6) is 0 Å². The van der Waals surface area contributed by atoms with Gasteiger partial charge in [0.05, 0.1) is 29.3 Å². The number of nitro benzene ring substituents is 1. The van der Waals surface area contributed by atoms with Crippen molar-refractivity contribution in [2.24, 2.45) is 5.41 Å². The number of fused-ring (bicyclic) bond motifs is 1. The van der Waals surface area contributed by atoms with E-state index in [4.69, 9.17) is 4.74 Å². The molecular weight excluding hydrogens is 606 g/mol. The third kappa shape index (κ3) is 5.52. The van der Waals surface area contributed by atoms with Gasteiger partial charge in [-0.15, -0.1) is 0 Å². The number of anilines is 1. The molecule has 3 aliphatic rings. The average Bonchev–Trinajstić information content (AvgIpc) is 2.97. The lowest BCUT2D eigenvalue weighted by molar-refractivity contribution is -0.384. The van der Waals surface area contributed by atoms with Crippen molar-refractivity contribution < 1.29 is 19.2 Å². The fourth-order valence-electron chi connectivity index (χ4n) is 6.39. The van der Waals surface area contributed by atoms with Crippen LogP contribution in [0.15, 0.2) is 51.7 Å². The monoisotopic (exact) mass is 637 g/mol. The van der Waals surface area contributed by atoms with Crippen molar-refractivity contribution in [3.63, 3.8) is 0 Å². The van der Waals surface area contributed by atoms with Gasteiger partial charge in [0.25, 0.3) is 17.5 Å². The number of halogens is 1. The quantitative estimate of drug-likeness (QED) is 0.264. The first-order chi connectivity index (χ1) is 20.2. The Kier molecular flexibility index (Phi) is 7.75. The molecule has 0 radical (unpaired) electrons. The van der Waals surface area contributed by atoms with Crippen molar-refractivity contribution in [2.45, 2.75) is 50.6 Å². The summed E-state index contributed by atoms with van der Waals surface area (Å²) in [7, 11) is 0. The van der Waals surface area contributed by atoms with Crippen molar-refractivity contribution in [1.29, 1.82) is 0 Å². The molecule has 2 atom stereocenters. The van der Waals surface area contributed by atoms with E-state index in [0.29, 0.717) is 54.5 Å². The van der Waals surface area contributed by atoms with Gasteiger partial charge in [-0.25, -0.2) is 0 Å². The molecule has 3 heterocycles. The molecule has 3 fully saturated rings. The molecule has 0 bridgehead atoms. The van der Waals surface area contributed by atoms with E-state index in [0.717, 1.165) is 25.7 Å². The van der Waals surface area contributed by atoms with Crippen molar-refractivity contribution in [1.82, 2.24) is 15.2 Å². The Morgan fingerprint density at radius 1 is 1.05 bits per heavy atom. The predicted octanol–water partition coefficient (Wildman–Crippen LogP) is 4.60. The molecule has 2 aliphatic heterocycles. The van der Waals surface area contributed by atoms with Crippen LogP contribution >= 0.6 is 15.9 Å². The summed E-state index contributed by atoms with van der Waals surface area (Å²) < 4.78 is 5.85. The minimum absolute atomic E-state index is 0.142. The van der Waals surface area contributed by atoms with Gasteiger partial charge in [0.2, 0.25) is 5.56 Å². The zero-order chi connectivity index (χ0) is 29.4. The second-order valence-electron chi connectivity index (χ2n) is 11.6. The van der Waals surface area contributed by atoms with Crippen molar-refractivity contribution in [2.75, 3.05) is 31.6 Å². The molecule has 1 aliphatic carbocycles. The molecule has 220 valence electrons. The highest BCUT2D eigenvalue weighted by Gasteiger charge is 2.42. The van der Waals surface area contributed by atoms with Crippen molar-refractivity contribution in [3.8, 4) is 0 Å². The standard InChI is InChI=1S/C30H32BrN5O6/c31-18-13-21(29(39)35-11-9-30(10-12-35)16-42-17-30)27(25(14-18)36(40)41)33-23-7-3-4-8-24(23)34-28(38)20-15-26(37)32-22-6-2-1-5-19(20)22/h1-2,5-6,13-15,23-24,33H,3-4,7-12,16-17H2,(H,32,37)(H,34,38)/t23-,24+/m1/s1. The van der Waals surface area contributed by atoms with E-state index in [1.807, 2.05) is 0 Å². The van der Waals surface area contributed by atoms with Crippen LogP contribution in [-0.2, 0) is 4.74 Å². The van der Waals surface area contributed by atoms with Crippen LogP contribution in [0.4, 0.5) is 11.4 Å². The Balaban J connectivity index is 1.28. The number of hydrogen-bond donors (Lipinski definition) is 3. The molecule has 12 heteroatoms. The average molecular weight is 639 g/mol. The number of piperidine rings is 1. The number of nitro groups is 1. The van der Waals surface area contributed by atoms with E-state index >= 15 is 0 Å². The number of hydrogen-bond acceptors (Lipinski definition) is 7. The summed E-state index contributed by atoms with van der Waals surface area (Å²) in [4.78, 5) is 55.8. The molecule has 2 aromatic carbocycles. The summed E-state index contributed by atoms with van der Waals surface area (Å²) in [5, 5.41) is 19.2. The second-order valence-corrected chi connectivity index (χ2v) is 12.5. The van der Waals surface area contributed by atoms with Crippen LogP contribution in [0.25, 0.3) is 10.9 Å². The Morgan fingerprint density at radius 2 is 1.76 bits per heavy atom. The lowest BCUT2D eigenvalue weighted by atomic mass is 9.77. The number of amides is 2. The number of para-hydroxylation sites is 1. The lowest BCUT2D eigenvalue weighted by Crippen LogP contribution is -2.52. The number of rotatable bonds is 6. The Morgan fingerprint density at radius 3 is 2.45 bits per heavy atom. The highest BCUT2D eigenvalue weighted by atomic mass is 79.9. The number of likely N-dealkylation sites (tertiary alicyclic amines) is 1. The van der Waals surface area contributed by atoms with Gasteiger partial charge in [-0.05, 0) is 37.8 Å². The first-order valence-electron chi connectivity index (χ1n) is 14.3. The summed E-state index contributed by atoms with van der Waals surface area (Å²) in [6.07, 6.45) is 4.70. The third-order valence-corrected chi connectivity index (χ3v) is 9.30. The number of nitrogens with zero attached hydrogens (tertiary/aromatic N) is 2. The predicted molar refractivity (Wildman–Crippen MR) is 161 cm³/mol. The van der Waals surface area contributed by atoms with Crippen LogP contribution < -0.4 is 16.2 Å². The normalized spacial score (nSPS) is 21.5. The van der Waals surface area contributed by atoms with E-state index < -0.39 is 4.92 Å². The molecule has 1 spiro atoms. The van der Waals surface area contributed by atoms with Gasteiger partial charge in [-0.2, -0.15) is 0 Å². The van der Waals surface area contributed by atoms with E-state index in [2.05, 4.69) is 31.5 Å². The summed E-state index contributed by atoms with van der Waals surface area (Å²) in [5.74, 6) is -0.650. The van der Waals surface area contributed by atoms with E-state index in [9.17, 15) is 24.5 Å². The van der Waals surface area contributed by atoms with Crippen molar-refractivity contribution >= 4 is 50.0 Å². The smallest absolute Gasteiger partial charge is 0.294 e. The fourth-order valence-corrected chi connectivity index (χ4v) is 6.84. The first-order valence-corrected chi connectivity index (χ1v) is 15.1. The van der Waals surface area contributed by atoms with Crippen molar-refractivity contribution in [3.05, 3.63) is 78.5 Å². The topological polar surface area (TPSA) is 147 Å². The molecule has 11 nitrogen and oxygen atoms in total. The molecule has 0 unspecified atom stereocenters. The zero-order valence-corrected chi connectivity index (χ0v) is 24.6. The number of carbonyl (C=O) groups is 2. The summed E-state index contributed by atoms with van der Waals surface area (Å²) in [5.41, 5.74) is 0.786. The summed E-state index contributed by atoms with van der Waals surface area (Å²) >= 11 is 3.36. The fraction of sp³-hybridized carbons (Fsp3) is 0.433. The van der Waals surface area contributed by atoms with Gasteiger partial charge in [-0.1, -0.05) is 47.0 Å². The lowest BCUT2D eigenvalue weighted by Gasteiger charge is -2.47. The molecule has 2 saturated heterocycles. The van der Waals surface area contributed by atoms with Crippen LogP contribution in [0.2, 0.25) is 0 Å². The summed E-state index contributed by atoms with van der Waals surface area (Å²) in [6, 6.07) is 10.7. The van der Waals surface area contributed by atoms with E-state index in [-0.39, 0.29) is 57.4 Å². The van der Waals surface area contributed by atoms with E-state index in [1.165, 1.54) is 12.1 Å². The van der Waals surface area contributed by atoms with Gasteiger partial charge in [-0.3, -0.25) is 24.5 Å². The molecule has 3 aromatic rings. The van der Waals surface area contributed by atoms with Gasteiger partial charge in [0, 0.05) is 58.1 Å². The Bertz CT molecular complexity index is 1610. The summed E-state index contributed by atoms with van der Waals surface area (Å²) in [6.45, 7) is 2.56. The number of carbonyl (C=O) groups excluding carboxylic acids is 2. The van der Waals surface area contributed by atoms with E-state index in [1.54, 1.807) is 35.2 Å². The third-order valence-electron chi connectivity index (χ3n) is 8.84.